The van der Waals surface area contributed by atoms with Crippen LogP contribution in [0.25, 0.3) is 11.3 Å². The summed E-state index contributed by atoms with van der Waals surface area (Å²) in [5.74, 6) is 0.917. The molecular formula is C20H21N3O3. The highest BCUT2D eigenvalue weighted by Crippen LogP contribution is 2.25. The minimum Gasteiger partial charge on any atom is -0.464 e. The molecule has 1 aliphatic rings. The number of anilines is 1. The molecule has 1 amide bonds. The molecule has 0 radical (unpaired) electrons. The summed E-state index contributed by atoms with van der Waals surface area (Å²) in [6, 6.07) is 13.4. The first-order valence-electron chi connectivity index (χ1n) is 8.84. The van der Waals surface area contributed by atoms with Crippen molar-refractivity contribution in [3.8, 4) is 11.3 Å². The summed E-state index contributed by atoms with van der Waals surface area (Å²) < 4.78 is 10.3. The lowest BCUT2D eigenvalue weighted by atomic mass is 9.95. The quantitative estimate of drug-likeness (QED) is 0.757. The van der Waals surface area contributed by atoms with Gasteiger partial charge in [0, 0.05) is 29.8 Å². The van der Waals surface area contributed by atoms with E-state index in [2.05, 4.69) is 15.4 Å². The molecule has 1 saturated heterocycles. The average Bonchev–Trinajstić information content (AvgIpc) is 3.37. The molecule has 0 atom stereocenters. The Bertz CT molecular complexity index is 835. The molecule has 3 heterocycles. The van der Waals surface area contributed by atoms with E-state index in [1.54, 1.807) is 12.5 Å². The summed E-state index contributed by atoms with van der Waals surface area (Å²) in [5, 5.41) is 6.99. The fraction of sp³-hybridized carbons (Fsp3) is 0.300. The predicted octanol–water partition coefficient (Wildman–Crippen LogP) is 3.79. The second kappa shape index (κ2) is 7.58. The molecular weight excluding hydrogens is 330 g/mol. The molecule has 134 valence electrons. The maximum Gasteiger partial charge on any atom is 0.227 e. The number of furan rings is 1. The number of aromatic nitrogens is 1. The molecule has 0 saturated carbocycles. The largest absolute Gasteiger partial charge is 0.464 e. The van der Waals surface area contributed by atoms with Crippen molar-refractivity contribution < 1.29 is 13.7 Å². The fourth-order valence-electron chi connectivity index (χ4n) is 3.34. The molecule has 1 fully saturated rings. The van der Waals surface area contributed by atoms with E-state index in [-0.39, 0.29) is 11.8 Å². The van der Waals surface area contributed by atoms with E-state index in [1.165, 1.54) is 0 Å². The number of amides is 1. The van der Waals surface area contributed by atoms with Crippen LogP contribution in [0.2, 0.25) is 0 Å². The Morgan fingerprint density at radius 1 is 1.15 bits per heavy atom. The van der Waals surface area contributed by atoms with Crippen LogP contribution in [0, 0.1) is 5.92 Å². The van der Waals surface area contributed by atoms with E-state index >= 15 is 0 Å². The zero-order chi connectivity index (χ0) is 17.8. The van der Waals surface area contributed by atoms with Crippen molar-refractivity contribution >= 4 is 11.6 Å². The van der Waals surface area contributed by atoms with Crippen LogP contribution in [0.15, 0.2) is 63.9 Å². The van der Waals surface area contributed by atoms with E-state index in [0.717, 1.165) is 55.2 Å². The number of carbonyl (C=O) groups is 1. The van der Waals surface area contributed by atoms with Crippen LogP contribution >= 0.6 is 0 Å². The van der Waals surface area contributed by atoms with Gasteiger partial charge in [0.05, 0.1) is 12.0 Å². The lowest BCUT2D eigenvalue weighted by molar-refractivity contribution is -0.121. The van der Waals surface area contributed by atoms with Gasteiger partial charge in [-0.15, -0.1) is 0 Å². The second-order valence-corrected chi connectivity index (χ2v) is 6.59. The number of carbonyl (C=O) groups excluding carboxylic acids is 1. The van der Waals surface area contributed by atoms with Crippen molar-refractivity contribution in [2.75, 3.05) is 18.4 Å². The van der Waals surface area contributed by atoms with Crippen molar-refractivity contribution in [2.45, 2.75) is 19.4 Å². The molecule has 4 rings (SSSR count). The molecule has 1 aromatic carbocycles. The molecule has 0 spiro atoms. The zero-order valence-corrected chi connectivity index (χ0v) is 14.4. The van der Waals surface area contributed by atoms with Crippen LogP contribution in [-0.4, -0.2) is 29.1 Å². The van der Waals surface area contributed by atoms with Gasteiger partial charge in [0.25, 0.3) is 0 Å². The van der Waals surface area contributed by atoms with Crippen molar-refractivity contribution in [1.82, 2.24) is 10.1 Å². The summed E-state index contributed by atoms with van der Waals surface area (Å²) in [6.07, 6.45) is 4.93. The normalized spacial score (nSPS) is 15.8. The SMILES string of the molecule is O=C(Nc1cccc(-c2ccco2)c1)C1CCN(Cc2ccon2)CC1. The molecule has 6 nitrogen and oxygen atoms in total. The number of nitrogens with zero attached hydrogens (tertiary/aromatic N) is 2. The first-order valence-corrected chi connectivity index (χ1v) is 8.84. The minimum absolute atomic E-state index is 0.0378. The summed E-state index contributed by atoms with van der Waals surface area (Å²) in [4.78, 5) is 14.9. The second-order valence-electron chi connectivity index (χ2n) is 6.59. The molecule has 2 aromatic heterocycles. The van der Waals surface area contributed by atoms with Crippen LogP contribution in [0.1, 0.15) is 18.5 Å². The van der Waals surface area contributed by atoms with Crippen LogP contribution in [0.3, 0.4) is 0 Å². The van der Waals surface area contributed by atoms with Gasteiger partial charge in [-0.3, -0.25) is 9.69 Å². The average molecular weight is 351 g/mol. The summed E-state index contributed by atoms with van der Waals surface area (Å²) in [5.41, 5.74) is 2.69. The van der Waals surface area contributed by atoms with Gasteiger partial charge in [-0.05, 0) is 50.2 Å². The number of piperidine rings is 1. The number of benzene rings is 1. The highest BCUT2D eigenvalue weighted by molar-refractivity contribution is 5.93. The maximum atomic E-state index is 12.6. The number of rotatable bonds is 5. The van der Waals surface area contributed by atoms with Crippen LogP contribution < -0.4 is 5.32 Å². The van der Waals surface area contributed by atoms with Crippen molar-refractivity contribution in [2.24, 2.45) is 5.92 Å². The molecule has 6 heteroatoms. The number of hydrogen-bond donors (Lipinski definition) is 1. The number of nitrogens with one attached hydrogen (secondary N) is 1. The van der Waals surface area contributed by atoms with E-state index in [1.807, 2.05) is 42.5 Å². The summed E-state index contributed by atoms with van der Waals surface area (Å²) in [6.45, 7) is 2.55. The highest BCUT2D eigenvalue weighted by atomic mass is 16.5. The van der Waals surface area contributed by atoms with Crippen molar-refractivity contribution in [1.29, 1.82) is 0 Å². The third-order valence-corrected chi connectivity index (χ3v) is 4.77. The van der Waals surface area contributed by atoms with Gasteiger partial charge >= 0.3 is 0 Å². The smallest absolute Gasteiger partial charge is 0.227 e. The molecule has 1 aliphatic heterocycles. The van der Waals surface area contributed by atoms with Gasteiger partial charge in [0.1, 0.15) is 12.0 Å². The minimum atomic E-state index is 0.0378. The van der Waals surface area contributed by atoms with E-state index in [9.17, 15) is 4.79 Å². The molecule has 1 N–H and O–H groups in total. The van der Waals surface area contributed by atoms with Gasteiger partial charge in [-0.25, -0.2) is 0 Å². The molecule has 0 unspecified atom stereocenters. The maximum absolute atomic E-state index is 12.6. The third-order valence-electron chi connectivity index (χ3n) is 4.77. The summed E-state index contributed by atoms with van der Waals surface area (Å²) in [7, 11) is 0. The third kappa shape index (κ3) is 3.86. The monoisotopic (exact) mass is 351 g/mol. The van der Waals surface area contributed by atoms with Gasteiger partial charge in [0.15, 0.2) is 0 Å². The Morgan fingerprint density at radius 2 is 2.04 bits per heavy atom. The van der Waals surface area contributed by atoms with Gasteiger partial charge in [0.2, 0.25) is 5.91 Å². The number of likely N-dealkylation sites (tertiary alicyclic amines) is 1. The molecule has 0 aliphatic carbocycles. The van der Waals surface area contributed by atoms with Crippen molar-refractivity contribution in [3.63, 3.8) is 0 Å². The van der Waals surface area contributed by atoms with Gasteiger partial charge in [-0.2, -0.15) is 0 Å². The molecule has 0 bridgehead atoms. The lowest BCUT2D eigenvalue weighted by Crippen LogP contribution is -2.37. The first-order chi connectivity index (χ1) is 12.8. The van der Waals surface area contributed by atoms with Gasteiger partial charge in [-0.1, -0.05) is 17.3 Å². The van der Waals surface area contributed by atoms with Crippen LogP contribution in [0.5, 0.6) is 0 Å². The predicted molar refractivity (Wildman–Crippen MR) is 97.3 cm³/mol. The van der Waals surface area contributed by atoms with Crippen LogP contribution in [-0.2, 0) is 11.3 Å². The molecule has 3 aromatic rings. The Kier molecular flexibility index (Phi) is 4.84. The van der Waals surface area contributed by atoms with Gasteiger partial charge < -0.3 is 14.3 Å². The summed E-state index contributed by atoms with van der Waals surface area (Å²) >= 11 is 0. The fourth-order valence-corrected chi connectivity index (χ4v) is 3.34. The zero-order valence-electron chi connectivity index (χ0n) is 14.4. The topological polar surface area (TPSA) is 71.5 Å². The Morgan fingerprint density at radius 3 is 2.77 bits per heavy atom. The van der Waals surface area contributed by atoms with E-state index < -0.39 is 0 Å². The standard InChI is InChI=1S/C20H21N3O3/c24-20(15-6-9-23(10-7-15)14-18-8-12-26-22-18)21-17-4-1-3-16(13-17)19-5-2-11-25-19/h1-5,8,11-13,15H,6-7,9-10,14H2,(H,21,24). The van der Waals surface area contributed by atoms with Crippen LogP contribution in [0.4, 0.5) is 5.69 Å². The van der Waals surface area contributed by atoms with Crippen molar-refractivity contribution in [3.05, 3.63) is 60.7 Å². The highest BCUT2D eigenvalue weighted by Gasteiger charge is 2.25. The molecule has 26 heavy (non-hydrogen) atoms. The number of hydrogen-bond acceptors (Lipinski definition) is 5. The lowest BCUT2D eigenvalue weighted by Gasteiger charge is -2.30. The Hall–Kier alpha value is -2.86. The Labute approximate surface area is 151 Å². The van der Waals surface area contributed by atoms with E-state index in [4.69, 9.17) is 8.94 Å². The first kappa shape index (κ1) is 16.6. The Balaban J connectivity index is 1.32. The van der Waals surface area contributed by atoms with E-state index in [0.29, 0.717) is 0 Å².